The highest BCUT2D eigenvalue weighted by atomic mass is 32.2. The first-order valence-electron chi connectivity index (χ1n) is 5.15. The van der Waals surface area contributed by atoms with E-state index in [1.165, 1.54) is 11.8 Å². The quantitative estimate of drug-likeness (QED) is 0.803. The summed E-state index contributed by atoms with van der Waals surface area (Å²) in [6, 6.07) is 5.55. The number of thioether (sulfide) groups is 1. The Morgan fingerprint density at radius 2 is 2.25 bits per heavy atom. The maximum atomic E-state index is 11.1. The third-order valence-electron chi connectivity index (χ3n) is 2.07. The zero-order valence-corrected chi connectivity index (χ0v) is 10.3. The predicted octanol–water partition coefficient (Wildman–Crippen LogP) is 2.50. The molecule has 1 N–H and O–H groups in total. The number of aromatic hydroxyl groups is 1. The summed E-state index contributed by atoms with van der Waals surface area (Å²) >= 11 is 1.48. The number of hydrogen-bond acceptors (Lipinski definition) is 4. The van der Waals surface area contributed by atoms with E-state index in [0.717, 1.165) is 11.1 Å². The summed E-state index contributed by atoms with van der Waals surface area (Å²) in [5.74, 6) is 1.16. The number of carbonyl (C=O) groups is 1. The number of phenols is 1. The molecule has 0 amide bonds. The third-order valence-corrected chi connectivity index (χ3v) is 3.04. The number of phenolic OH excluding ortho intramolecular Hbond substituents is 1. The van der Waals surface area contributed by atoms with Gasteiger partial charge in [-0.05, 0) is 31.0 Å². The van der Waals surface area contributed by atoms with E-state index in [-0.39, 0.29) is 5.97 Å². The van der Waals surface area contributed by atoms with Gasteiger partial charge in [0.2, 0.25) is 0 Å². The first-order chi connectivity index (χ1) is 7.63. The van der Waals surface area contributed by atoms with Gasteiger partial charge in [0.25, 0.3) is 0 Å². The molecule has 0 saturated carbocycles. The van der Waals surface area contributed by atoms with Crippen molar-refractivity contribution >= 4 is 17.7 Å². The van der Waals surface area contributed by atoms with Gasteiger partial charge in [-0.25, -0.2) is 0 Å². The van der Waals surface area contributed by atoms with Crippen molar-refractivity contribution in [2.75, 3.05) is 12.4 Å². The number of hydrogen-bond donors (Lipinski definition) is 1. The molecule has 1 rings (SSSR count). The molecule has 0 atom stereocenters. The average molecular weight is 240 g/mol. The molecule has 0 saturated heterocycles. The zero-order valence-electron chi connectivity index (χ0n) is 9.53. The Balaban J connectivity index is 2.37. The number of carbonyl (C=O) groups excluding carboxylic acids is 1. The Morgan fingerprint density at radius 3 is 2.88 bits per heavy atom. The molecule has 1 aromatic rings. The number of esters is 1. The third kappa shape index (κ3) is 4.14. The molecule has 0 aliphatic carbocycles. The Bertz CT molecular complexity index is 363. The largest absolute Gasteiger partial charge is 0.508 e. The van der Waals surface area contributed by atoms with E-state index in [1.54, 1.807) is 13.0 Å². The van der Waals surface area contributed by atoms with Crippen molar-refractivity contribution in [1.82, 2.24) is 0 Å². The topological polar surface area (TPSA) is 46.5 Å². The highest BCUT2D eigenvalue weighted by Crippen LogP contribution is 2.20. The van der Waals surface area contributed by atoms with Gasteiger partial charge in [0, 0.05) is 5.75 Å². The Morgan fingerprint density at radius 1 is 1.50 bits per heavy atom. The smallest absolute Gasteiger partial charge is 0.315 e. The van der Waals surface area contributed by atoms with Crippen molar-refractivity contribution in [2.45, 2.75) is 19.6 Å². The number of rotatable bonds is 5. The van der Waals surface area contributed by atoms with Gasteiger partial charge in [-0.15, -0.1) is 11.8 Å². The molecule has 0 spiro atoms. The summed E-state index contributed by atoms with van der Waals surface area (Å²) in [5.41, 5.74) is 1.87. The van der Waals surface area contributed by atoms with Gasteiger partial charge in [0.15, 0.2) is 0 Å². The van der Waals surface area contributed by atoms with Crippen LogP contribution in [-0.2, 0) is 15.3 Å². The normalized spacial score (nSPS) is 10.1. The van der Waals surface area contributed by atoms with Gasteiger partial charge >= 0.3 is 5.97 Å². The SMILES string of the molecule is CCOC(=O)CSCc1ccc(C)c(O)c1. The molecule has 0 unspecified atom stereocenters. The highest BCUT2D eigenvalue weighted by molar-refractivity contribution is 7.99. The van der Waals surface area contributed by atoms with E-state index in [4.69, 9.17) is 4.74 Å². The van der Waals surface area contributed by atoms with Crippen molar-refractivity contribution in [2.24, 2.45) is 0 Å². The summed E-state index contributed by atoms with van der Waals surface area (Å²) in [5, 5.41) is 9.49. The molecule has 0 radical (unpaired) electrons. The fraction of sp³-hybridized carbons (Fsp3) is 0.417. The Hall–Kier alpha value is -1.16. The van der Waals surface area contributed by atoms with Crippen LogP contribution < -0.4 is 0 Å². The molecule has 0 aliphatic heterocycles. The summed E-state index contributed by atoms with van der Waals surface area (Å²) in [6.07, 6.45) is 0. The molecular formula is C12H16O3S. The van der Waals surface area contributed by atoms with Gasteiger partial charge in [-0.3, -0.25) is 4.79 Å². The summed E-state index contributed by atoms with van der Waals surface area (Å²) in [6.45, 7) is 4.07. The maximum Gasteiger partial charge on any atom is 0.315 e. The lowest BCUT2D eigenvalue weighted by molar-refractivity contribution is -0.139. The monoisotopic (exact) mass is 240 g/mol. The molecule has 0 aromatic heterocycles. The second-order valence-electron chi connectivity index (χ2n) is 3.42. The van der Waals surface area contributed by atoms with Crippen molar-refractivity contribution in [3.05, 3.63) is 29.3 Å². The standard InChI is InChI=1S/C12H16O3S/c1-3-15-12(14)8-16-7-10-5-4-9(2)11(13)6-10/h4-6,13H,3,7-8H2,1-2H3. The maximum absolute atomic E-state index is 11.1. The van der Waals surface area contributed by atoms with Crippen LogP contribution in [0.3, 0.4) is 0 Å². The first kappa shape index (κ1) is 12.9. The van der Waals surface area contributed by atoms with E-state index in [9.17, 15) is 9.90 Å². The van der Waals surface area contributed by atoms with Gasteiger partial charge in [0.05, 0.1) is 12.4 Å². The van der Waals surface area contributed by atoms with Crippen LogP contribution in [-0.4, -0.2) is 23.4 Å². The van der Waals surface area contributed by atoms with E-state index in [2.05, 4.69) is 0 Å². The summed E-state index contributed by atoms with van der Waals surface area (Å²) in [4.78, 5) is 11.1. The molecule has 0 aliphatic rings. The van der Waals surface area contributed by atoms with Crippen LogP contribution in [0.2, 0.25) is 0 Å². The Kier molecular flexibility index (Phi) is 5.19. The van der Waals surface area contributed by atoms with Crippen LogP contribution in [0.4, 0.5) is 0 Å². The highest BCUT2D eigenvalue weighted by Gasteiger charge is 2.03. The van der Waals surface area contributed by atoms with Crippen molar-refractivity contribution in [1.29, 1.82) is 0 Å². The molecule has 3 nitrogen and oxygen atoms in total. The van der Waals surface area contributed by atoms with Crippen molar-refractivity contribution in [3.63, 3.8) is 0 Å². The van der Waals surface area contributed by atoms with Gasteiger partial charge in [-0.1, -0.05) is 12.1 Å². The minimum Gasteiger partial charge on any atom is -0.508 e. The molecule has 1 aromatic carbocycles. The number of ether oxygens (including phenoxy) is 1. The average Bonchev–Trinajstić information content (AvgIpc) is 2.24. The minimum absolute atomic E-state index is 0.191. The minimum atomic E-state index is -0.191. The molecule has 88 valence electrons. The van der Waals surface area contributed by atoms with E-state index in [0.29, 0.717) is 23.9 Å². The summed E-state index contributed by atoms with van der Waals surface area (Å²) in [7, 11) is 0. The fourth-order valence-electron chi connectivity index (χ4n) is 1.20. The predicted molar refractivity (Wildman–Crippen MR) is 65.6 cm³/mol. The molecule has 4 heteroatoms. The zero-order chi connectivity index (χ0) is 12.0. The second kappa shape index (κ2) is 6.43. The lowest BCUT2D eigenvalue weighted by Gasteiger charge is -2.04. The Labute approximate surface area is 99.8 Å². The van der Waals surface area contributed by atoms with Crippen molar-refractivity contribution < 1.29 is 14.6 Å². The molecular weight excluding hydrogens is 224 g/mol. The molecule has 16 heavy (non-hydrogen) atoms. The van der Waals surface area contributed by atoms with Gasteiger partial charge in [-0.2, -0.15) is 0 Å². The van der Waals surface area contributed by atoms with Crippen LogP contribution >= 0.6 is 11.8 Å². The van der Waals surface area contributed by atoms with Crippen LogP contribution in [0, 0.1) is 6.92 Å². The van der Waals surface area contributed by atoms with Crippen LogP contribution in [0.5, 0.6) is 5.75 Å². The van der Waals surface area contributed by atoms with Crippen LogP contribution in [0.15, 0.2) is 18.2 Å². The lowest BCUT2D eigenvalue weighted by atomic mass is 10.1. The molecule has 0 bridgehead atoms. The fourth-order valence-corrected chi connectivity index (χ4v) is 1.97. The molecule has 0 heterocycles. The molecule has 0 fully saturated rings. The number of benzene rings is 1. The first-order valence-corrected chi connectivity index (χ1v) is 6.30. The summed E-state index contributed by atoms with van der Waals surface area (Å²) < 4.78 is 4.81. The van der Waals surface area contributed by atoms with E-state index < -0.39 is 0 Å². The van der Waals surface area contributed by atoms with E-state index in [1.807, 2.05) is 19.1 Å². The lowest BCUT2D eigenvalue weighted by Crippen LogP contribution is -2.06. The van der Waals surface area contributed by atoms with Gasteiger partial charge < -0.3 is 9.84 Å². The van der Waals surface area contributed by atoms with E-state index >= 15 is 0 Å². The van der Waals surface area contributed by atoms with Crippen molar-refractivity contribution in [3.8, 4) is 5.75 Å². The van der Waals surface area contributed by atoms with Gasteiger partial charge in [0.1, 0.15) is 5.75 Å². The van der Waals surface area contributed by atoms with Crippen LogP contribution in [0.25, 0.3) is 0 Å². The van der Waals surface area contributed by atoms with Crippen LogP contribution in [0.1, 0.15) is 18.1 Å². The second-order valence-corrected chi connectivity index (χ2v) is 4.40. The number of aryl methyl sites for hydroxylation is 1.